The van der Waals surface area contributed by atoms with Gasteiger partial charge >= 0.3 is 0 Å². The second kappa shape index (κ2) is 15.1. The van der Waals surface area contributed by atoms with Crippen LogP contribution in [0.5, 0.6) is 5.75 Å². The SMILES string of the molecule is CC1(C)C(Oc2ccc(C#N)c(Cl)c2)C(C)(C)C1N1C(=O)CC[C@@H](n2nnc3cc(N4CCC5(CC4)CN(C[C@H]4CCN(c6ccc(C(N)=O)cn6)C4)C5)ccc3c2=O)C1=O. The van der Waals surface area contributed by atoms with E-state index in [1.54, 1.807) is 36.5 Å². The number of primary amides is 1. The van der Waals surface area contributed by atoms with Crippen LogP contribution in [0.4, 0.5) is 11.5 Å². The third-order valence-corrected chi connectivity index (χ3v) is 14.5. The number of amides is 3. The molecule has 61 heavy (non-hydrogen) atoms. The monoisotopic (exact) mass is 846 g/mol. The molecule has 4 saturated heterocycles. The van der Waals surface area contributed by atoms with Crippen molar-refractivity contribution in [3.05, 3.63) is 81.2 Å². The van der Waals surface area contributed by atoms with Crippen LogP contribution in [0.15, 0.2) is 59.5 Å². The van der Waals surface area contributed by atoms with Gasteiger partial charge in [-0.2, -0.15) is 9.94 Å². The molecule has 0 unspecified atom stereocenters. The maximum absolute atomic E-state index is 14.3. The van der Waals surface area contributed by atoms with Crippen LogP contribution >= 0.6 is 11.6 Å². The number of carbonyl (C=O) groups is 3. The number of hydrogen-bond donors (Lipinski definition) is 1. The number of nitrogens with zero attached hydrogens (tertiary/aromatic N) is 9. The summed E-state index contributed by atoms with van der Waals surface area (Å²) in [4.78, 5) is 66.3. The molecule has 15 nitrogen and oxygen atoms in total. The Kier molecular flexibility index (Phi) is 10.1. The summed E-state index contributed by atoms with van der Waals surface area (Å²) < 4.78 is 7.57. The molecule has 5 fully saturated rings. The van der Waals surface area contributed by atoms with Crippen LogP contribution in [0.2, 0.25) is 5.02 Å². The van der Waals surface area contributed by atoms with E-state index in [4.69, 9.17) is 22.1 Å². The van der Waals surface area contributed by atoms with Gasteiger partial charge in [-0.3, -0.25) is 24.1 Å². The minimum absolute atomic E-state index is 0.0850. The topological polar surface area (TPSA) is 184 Å². The highest BCUT2D eigenvalue weighted by Gasteiger charge is 2.68. The zero-order valence-corrected chi connectivity index (χ0v) is 35.8. The number of rotatable bonds is 9. The quantitative estimate of drug-likeness (QED) is 0.227. The van der Waals surface area contributed by atoms with Gasteiger partial charge in [0.2, 0.25) is 11.8 Å². The lowest BCUT2D eigenvalue weighted by atomic mass is 9.48. The number of likely N-dealkylation sites (tertiary alicyclic amines) is 2. The van der Waals surface area contributed by atoms with E-state index in [0.29, 0.717) is 39.1 Å². The molecule has 6 heterocycles. The van der Waals surface area contributed by atoms with Crippen molar-refractivity contribution < 1.29 is 19.1 Å². The normalized spacial score (nSPS) is 25.6. The Morgan fingerprint density at radius 2 is 1.72 bits per heavy atom. The second-order valence-electron chi connectivity index (χ2n) is 19.0. The van der Waals surface area contributed by atoms with Crippen molar-refractivity contribution in [2.45, 2.75) is 78.0 Å². The molecule has 9 rings (SSSR count). The fraction of sp³-hybridized carbons (Fsp3) is 0.511. The lowest BCUT2D eigenvalue weighted by Crippen LogP contribution is -2.77. The molecule has 0 radical (unpaired) electrons. The zero-order valence-electron chi connectivity index (χ0n) is 35.0. The average molecular weight is 847 g/mol. The minimum Gasteiger partial charge on any atom is -0.489 e. The molecule has 5 aliphatic rings. The highest BCUT2D eigenvalue weighted by molar-refractivity contribution is 6.31. The number of ether oxygens (including phenoxy) is 1. The number of pyridine rings is 1. The summed E-state index contributed by atoms with van der Waals surface area (Å²) in [6, 6.07) is 14.7. The number of anilines is 2. The summed E-state index contributed by atoms with van der Waals surface area (Å²) in [6.07, 6.45) is 4.70. The van der Waals surface area contributed by atoms with Gasteiger partial charge in [0.25, 0.3) is 11.5 Å². The first kappa shape index (κ1) is 40.8. The van der Waals surface area contributed by atoms with E-state index in [-0.39, 0.29) is 23.8 Å². The van der Waals surface area contributed by atoms with Crippen molar-refractivity contribution in [2.24, 2.45) is 27.9 Å². The highest BCUT2D eigenvalue weighted by Crippen LogP contribution is 2.59. The van der Waals surface area contributed by atoms with Gasteiger partial charge in [0, 0.05) is 81.0 Å². The molecule has 318 valence electrons. The van der Waals surface area contributed by atoms with Crippen molar-refractivity contribution in [2.75, 3.05) is 55.6 Å². The van der Waals surface area contributed by atoms with Gasteiger partial charge in [0.05, 0.1) is 27.6 Å². The first-order valence-electron chi connectivity index (χ1n) is 21.2. The number of nitriles is 1. The fourth-order valence-electron chi connectivity index (χ4n) is 11.5. The second-order valence-corrected chi connectivity index (χ2v) is 19.4. The van der Waals surface area contributed by atoms with Gasteiger partial charge in [-0.1, -0.05) is 44.5 Å². The molecule has 1 saturated carbocycles. The molecule has 2 atom stereocenters. The number of halogens is 1. The van der Waals surface area contributed by atoms with Crippen LogP contribution in [-0.4, -0.2) is 105 Å². The summed E-state index contributed by atoms with van der Waals surface area (Å²) >= 11 is 6.28. The Morgan fingerprint density at radius 3 is 2.39 bits per heavy atom. The van der Waals surface area contributed by atoms with Crippen LogP contribution in [-0.2, 0) is 9.59 Å². The molecule has 16 heteroatoms. The molecule has 1 aliphatic carbocycles. The predicted molar refractivity (Wildman–Crippen MR) is 229 cm³/mol. The summed E-state index contributed by atoms with van der Waals surface area (Å²) in [5, 5.41) is 18.7. The van der Waals surface area contributed by atoms with Crippen molar-refractivity contribution in [3.8, 4) is 11.8 Å². The number of imide groups is 1. The summed E-state index contributed by atoms with van der Waals surface area (Å²) in [5.41, 5.74) is 6.21. The number of hydrogen-bond acceptors (Lipinski definition) is 12. The van der Waals surface area contributed by atoms with E-state index in [0.717, 1.165) is 81.3 Å². The molecule has 4 aliphatic heterocycles. The number of nitrogens with two attached hydrogens (primary N) is 1. The zero-order chi connectivity index (χ0) is 43.0. The predicted octanol–water partition coefficient (Wildman–Crippen LogP) is 4.81. The van der Waals surface area contributed by atoms with Crippen molar-refractivity contribution >= 4 is 51.7 Å². The Balaban J connectivity index is 0.817. The highest BCUT2D eigenvalue weighted by atomic mass is 35.5. The number of fused-ring (bicyclic) bond motifs is 1. The van der Waals surface area contributed by atoms with Gasteiger partial charge < -0.3 is 25.2 Å². The Bertz CT molecular complexity index is 2500. The number of carbonyl (C=O) groups excluding carboxylic acids is 3. The van der Waals surface area contributed by atoms with Crippen LogP contribution < -0.4 is 25.8 Å². The van der Waals surface area contributed by atoms with Crippen molar-refractivity contribution in [1.82, 2.24) is 29.8 Å². The maximum Gasteiger partial charge on any atom is 0.278 e. The van der Waals surface area contributed by atoms with Crippen LogP contribution in [0.1, 0.15) is 81.8 Å². The van der Waals surface area contributed by atoms with E-state index in [9.17, 15) is 24.4 Å². The largest absolute Gasteiger partial charge is 0.489 e. The van der Waals surface area contributed by atoms with Crippen LogP contribution in [0.3, 0.4) is 0 Å². The lowest BCUT2D eigenvalue weighted by Gasteiger charge is -2.65. The van der Waals surface area contributed by atoms with E-state index in [1.165, 1.54) is 4.90 Å². The molecule has 3 amide bonds. The fourth-order valence-corrected chi connectivity index (χ4v) is 11.7. The molecule has 2 N–H and O–H groups in total. The Labute approximate surface area is 359 Å². The van der Waals surface area contributed by atoms with Crippen molar-refractivity contribution in [3.63, 3.8) is 0 Å². The van der Waals surface area contributed by atoms with Crippen LogP contribution in [0, 0.1) is 33.5 Å². The minimum atomic E-state index is -0.975. The van der Waals surface area contributed by atoms with Gasteiger partial charge in [-0.15, -0.1) is 5.10 Å². The van der Waals surface area contributed by atoms with E-state index in [2.05, 4.69) is 30.0 Å². The number of benzene rings is 2. The Hall–Kier alpha value is -5.59. The summed E-state index contributed by atoms with van der Waals surface area (Å²) in [5.74, 6) is 0.737. The van der Waals surface area contributed by atoms with E-state index < -0.39 is 46.4 Å². The molecular formula is C45H51ClN10O5. The van der Waals surface area contributed by atoms with E-state index >= 15 is 0 Å². The van der Waals surface area contributed by atoms with Gasteiger partial charge in [-0.05, 0) is 79.5 Å². The number of aromatic nitrogens is 4. The van der Waals surface area contributed by atoms with Crippen molar-refractivity contribution in [1.29, 1.82) is 5.26 Å². The van der Waals surface area contributed by atoms with Gasteiger partial charge in [0.1, 0.15) is 35.3 Å². The molecule has 4 aromatic rings. The first-order valence-corrected chi connectivity index (χ1v) is 21.6. The summed E-state index contributed by atoms with van der Waals surface area (Å²) in [7, 11) is 0. The third kappa shape index (κ3) is 7.07. The average Bonchev–Trinajstić information content (AvgIpc) is 3.70. The third-order valence-electron chi connectivity index (χ3n) is 14.2. The van der Waals surface area contributed by atoms with Gasteiger partial charge in [0.15, 0.2) is 0 Å². The molecule has 2 aromatic carbocycles. The number of piperidine rings is 2. The standard InChI is InChI=1S/C45H51ClN10O5/c1-43(2)41(44(3,4)42(43)61-31-8-5-28(21-47)33(46)20-31)55-37(57)12-10-35(40(55)60)56-39(59)32-9-7-30(19-34(32)50-51-56)53-17-14-45(15-18-53)25-52(26-45)23-27-13-16-54(24-27)36-11-6-29(22-49-36)38(48)58/h5-9,11,19-20,22,27,35,41-42H,10,12-18,23-26H2,1-4H3,(H2,48,58)/t27-,35-,41?,42?/m1/s1. The van der Waals surface area contributed by atoms with Crippen LogP contribution in [0.25, 0.3) is 10.9 Å². The first-order chi connectivity index (χ1) is 29.1. The van der Waals surface area contributed by atoms with Gasteiger partial charge in [-0.25, -0.2) is 4.98 Å². The smallest absolute Gasteiger partial charge is 0.278 e. The van der Waals surface area contributed by atoms with E-state index in [1.807, 2.05) is 52.0 Å². The maximum atomic E-state index is 14.3. The lowest BCUT2D eigenvalue weighted by molar-refractivity contribution is -0.216. The summed E-state index contributed by atoms with van der Waals surface area (Å²) in [6.45, 7) is 14.9. The molecule has 2 aromatic heterocycles. The molecular weight excluding hydrogens is 796 g/mol. The molecule has 1 spiro atoms. The Morgan fingerprint density at radius 1 is 0.967 bits per heavy atom. The molecule has 0 bridgehead atoms.